The number of likely N-dealkylation sites (N-methyl/N-ethyl adjacent to an activating group) is 1. The number of hydrogen-bond acceptors (Lipinski definition) is 6. The Balaban J connectivity index is 1.62. The maximum Gasteiger partial charge on any atom is 0.251 e. The van der Waals surface area contributed by atoms with Gasteiger partial charge in [-0.05, 0) is 59.6 Å². The van der Waals surface area contributed by atoms with Crippen LogP contribution in [0.25, 0.3) is 0 Å². The van der Waals surface area contributed by atoms with Crippen molar-refractivity contribution in [2.24, 2.45) is 30.7 Å². The van der Waals surface area contributed by atoms with Crippen molar-refractivity contribution in [2.75, 3.05) is 29.9 Å². The fraction of sp³-hybridized carbons (Fsp3) is 0.654. The Labute approximate surface area is 208 Å². The van der Waals surface area contributed by atoms with Crippen LogP contribution in [0.1, 0.15) is 58.7 Å². The SMILES string of the molecule is CC(C)CC(C(=O)NC1CN(CC2CC2)c2ccccc2N(C)C1=O)C(c1nnnn1C)C(C)C. The lowest BCUT2D eigenvalue weighted by Gasteiger charge is -2.32. The Hall–Kier alpha value is -2.97. The number of benzene rings is 1. The molecule has 0 radical (unpaired) electrons. The number of amides is 2. The Kier molecular flexibility index (Phi) is 7.42. The standard InChI is InChI=1S/C26H39N7O2/c1-16(2)13-19(23(17(3)4)24-28-29-30-32(24)6)25(34)27-20-15-33(14-18-11-12-18)22-10-8-7-9-21(22)31(5)26(20)35/h7-10,16-20,23H,11-15H2,1-6H3,(H,27,34). The summed E-state index contributed by atoms with van der Waals surface area (Å²) < 4.78 is 1.66. The highest BCUT2D eigenvalue weighted by Crippen LogP contribution is 2.38. The summed E-state index contributed by atoms with van der Waals surface area (Å²) in [6, 6.07) is 7.39. The Morgan fingerprint density at radius 3 is 2.37 bits per heavy atom. The molecule has 35 heavy (non-hydrogen) atoms. The fourth-order valence-corrected chi connectivity index (χ4v) is 5.32. The highest BCUT2D eigenvalue weighted by atomic mass is 16.2. The maximum absolute atomic E-state index is 13.9. The first-order valence-electron chi connectivity index (χ1n) is 12.8. The van der Waals surface area contributed by atoms with Crippen LogP contribution < -0.4 is 15.1 Å². The van der Waals surface area contributed by atoms with Gasteiger partial charge in [0.2, 0.25) is 5.91 Å². The summed E-state index contributed by atoms with van der Waals surface area (Å²) in [4.78, 5) is 31.4. The molecule has 0 saturated heterocycles. The van der Waals surface area contributed by atoms with Crippen molar-refractivity contribution in [3.05, 3.63) is 30.1 Å². The first-order chi connectivity index (χ1) is 16.7. The van der Waals surface area contributed by atoms with Crippen molar-refractivity contribution < 1.29 is 9.59 Å². The number of rotatable bonds is 9. The third kappa shape index (κ3) is 5.49. The van der Waals surface area contributed by atoms with Gasteiger partial charge in [-0.1, -0.05) is 39.8 Å². The van der Waals surface area contributed by atoms with Gasteiger partial charge in [-0.25, -0.2) is 4.68 Å². The van der Waals surface area contributed by atoms with E-state index < -0.39 is 6.04 Å². The first-order valence-corrected chi connectivity index (χ1v) is 12.8. The molecule has 1 aliphatic carbocycles. The monoisotopic (exact) mass is 481 g/mol. The third-order valence-corrected chi connectivity index (χ3v) is 7.27. The zero-order chi connectivity index (χ0) is 25.3. The van der Waals surface area contributed by atoms with Crippen LogP contribution in [-0.4, -0.2) is 58.2 Å². The molecular formula is C26H39N7O2. The van der Waals surface area contributed by atoms with Gasteiger partial charge in [-0.2, -0.15) is 0 Å². The van der Waals surface area contributed by atoms with Crippen molar-refractivity contribution >= 4 is 23.2 Å². The van der Waals surface area contributed by atoms with E-state index in [0.29, 0.717) is 30.6 Å². The van der Waals surface area contributed by atoms with Gasteiger partial charge >= 0.3 is 0 Å². The molecule has 0 bridgehead atoms. The number of anilines is 2. The van der Waals surface area contributed by atoms with Crippen LogP contribution in [0, 0.1) is 23.7 Å². The molecule has 1 aliphatic heterocycles. The van der Waals surface area contributed by atoms with Gasteiger partial charge in [0, 0.05) is 39.0 Å². The molecule has 3 unspecified atom stereocenters. The number of hydrogen-bond donors (Lipinski definition) is 1. The van der Waals surface area contributed by atoms with Crippen LogP contribution in [0.2, 0.25) is 0 Å². The van der Waals surface area contributed by atoms with Crippen LogP contribution in [0.5, 0.6) is 0 Å². The quantitative estimate of drug-likeness (QED) is 0.592. The van der Waals surface area contributed by atoms with Crippen LogP contribution in [0.4, 0.5) is 11.4 Å². The molecule has 2 heterocycles. The van der Waals surface area contributed by atoms with E-state index >= 15 is 0 Å². The molecule has 1 saturated carbocycles. The minimum absolute atomic E-state index is 0.0891. The van der Waals surface area contributed by atoms with Crippen molar-refractivity contribution in [3.63, 3.8) is 0 Å². The third-order valence-electron chi connectivity index (χ3n) is 7.27. The zero-order valence-corrected chi connectivity index (χ0v) is 21.8. The molecule has 190 valence electrons. The summed E-state index contributed by atoms with van der Waals surface area (Å²) in [5, 5.41) is 15.3. The van der Waals surface area contributed by atoms with Crippen LogP contribution in [0.3, 0.4) is 0 Å². The largest absolute Gasteiger partial charge is 0.367 e. The van der Waals surface area contributed by atoms with Crippen molar-refractivity contribution in [2.45, 2.75) is 58.9 Å². The normalized spacial score (nSPS) is 20.1. The van der Waals surface area contributed by atoms with Gasteiger partial charge in [0.05, 0.1) is 11.4 Å². The van der Waals surface area contributed by atoms with Gasteiger partial charge in [-0.3, -0.25) is 9.59 Å². The van der Waals surface area contributed by atoms with Crippen molar-refractivity contribution in [3.8, 4) is 0 Å². The molecule has 2 aromatic rings. The number of nitrogens with zero attached hydrogens (tertiary/aromatic N) is 6. The Morgan fingerprint density at radius 1 is 1.11 bits per heavy atom. The predicted molar refractivity (Wildman–Crippen MR) is 136 cm³/mol. The Morgan fingerprint density at radius 2 is 1.80 bits per heavy atom. The number of para-hydroxylation sites is 2. The summed E-state index contributed by atoms with van der Waals surface area (Å²) in [5.41, 5.74) is 1.94. The van der Waals surface area contributed by atoms with Crippen molar-refractivity contribution in [1.29, 1.82) is 0 Å². The van der Waals surface area contributed by atoms with E-state index in [-0.39, 0.29) is 29.6 Å². The van der Waals surface area contributed by atoms with Gasteiger partial charge in [0.1, 0.15) is 6.04 Å². The molecule has 1 fully saturated rings. The maximum atomic E-state index is 13.9. The van der Waals surface area contributed by atoms with Crippen LogP contribution in [0.15, 0.2) is 24.3 Å². The minimum atomic E-state index is -0.626. The predicted octanol–water partition coefficient (Wildman–Crippen LogP) is 2.99. The van der Waals surface area contributed by atoms with Gasteiger partial charge in [-0.15, -0.1) is 5.10 Å². The molecule has 1 N–H and O–H groups in total. The van der Waals surface area contributed by atoms with E-state index in [1.807, 2.05) is 25.2 Å². The lowest BCUT2D eigenvalue weighted by atomic mass is 9.77. The molecular weight excluding hydrogens is 442 g/mol. The van der Waals surface area contributed by atoms with Gasteiger partial charge in [0.15, 0.2) is 5.82 Å². The molecule has 2 aliphatic rings. The molecule has 3 atom stereocenters. The molecule has 2 amide bonds. The number of tetrazole rings is 1. The second-order valence-electron chi connectivity index (χ2n) is 11.0. The summed E-state index contributed by atoms with van der Waals surface area (Å²) >= 11 is 0. The molecule has 9 nitrogen and oxygen atoms in total. The summed E-state index contributed by atoms with van der Waals surface area (Å²) in [5.74, 6) is 1.11. The van der Waals surface area contributed by atoms with Gasteiger partial charge in [0.25, 0.3) is 5.91 Å². The summed E-state index contributed by atoms with van der Waals surface area (Å²) in [6.07, 6.45) is 3.12. The average molecular weight is 482 g/mol. The average Bonchev–Trinajstić information content (AvgIpc) is 3.55. The highest BCUT2D eigenvalue weighted by Gasteiger charge is 2.40. The lowest BCUT2D eigenvalue weighted by Crippen LogP contribution is -2.53. The number of fused-ring (bicyclic) bond motifs is 1. The second kappa shape index (κ2) is 10.3. The van der Waals surface area contributed by atoms with E-state index in [0.717, 1.165) is 17.9 Å². The molecule has 9 heteroatoms. The highest BCUT2D eigenvalue weighted by molar-refractivity contribution is 6.03. The summed E-state index contributed by atoms with van der Waals surface area (Å²) in [7, 11) is 3.61. The number of aryl methyl sites for hydroxylation is 1. The number of aromatic nitrogens is 4. The number of carbonyl (C=O) groups is 2. The molecule has 4 rings (SSSR count). The molecule has 0 spiro atoms. The van der Waals surface area contributed by atoms with Gasteiger partial charge < -0.3 is 15.1 Å². The van der Waals surface area contributed by atoms with E-state index in [4.69, 9.17) is 0 Å². The topological polar surface area (TPSA) is 96.2 Å². The Bertz CT molecular complexity index is 1050. The number of nitrogens with one attached hydrogen (secondary N) is 1. The van der Waals surface area contributed by atoms with E-state index in [9.17, 15) is 9.59 Å². The summed E-state index contributed by atoms with van der Waals surface area (Å²) in [6.45, 7) is 9.79. The van der Waals surface area contributed by atoms with E-state index in [1.165, 1.54) is 12.8 Å². The van der Waals surface area contributed by atoms with Crippen LogP contribution >= 0.6 is 0 Å². The molecule has 1 aromatic heterocycles. The molecule has 1 aromatic carbocycles. The second-order valence-corrected chi connectivity index (χ2v) is 11.0. The van der Waals surface area contributed by atoms with Crippen LogP contribution in [-0.2, 0) is 16.6 Å². The minimum Gasteiger partial charge on any atom is -0.367 e. The fourth-order valence-electron chi connectivity index (χ4n) is 5.32. The zero-order valence-electron chi connectivity index (χ0n) is 21.8. The van der Waals surface area contributed by atoms with E-state index in [2.05, 4.69) is 59.5 Å². The van der Waals surface area contributed by atoms with Crippen molar-refractivity contribution in [1.82, 2.24) is 25.5 Å². The lowest BCUT2D eigenvalue weighted by molar-refractivity contribution is -0.131. The smallest absolute Gasteiger partial charge is 0.251 e. The van der Waals surface area contributed by atoms with E-state index in [1.54, 1.807) is 16.6 Å². The number of carbonyl (C=O) groups excluding carboxylic acids is 2. The first kappa shape index (κ1) is 25.1.